The Morgan fingerprint density at radius 1 is 0.591 bits per heavy atom. The molecule has 3 rings (SSSR count). The van der Waals surface area contributed by atoms with E-state index in [0.717, 1.165) is 12.8 Å². The van der Waals surface area contributed by atoms with Crippen LogP contribution in [0.15, 0.2) is 72.8 Å². The van der Waals surface area contributed by atoms with Gasteiger partial charge in [0.2, 0.25) is 0 Å². The highest BCUT2D eigenvalue weighted by Crippen LogP contribution is 2.27. The number of hydrogen-bond acceptors (Lipinski definition) is 0. The Kier molecular flexibility index (Phi) is 4.39. The van der Waals surface area contributed by atoms with E-state index in [1.54, 1.807) is 0 Å². The zero-order chi connectivity index (χ0) is 15.4. The van der Waals surface area contributed by atoms with Gasteiger partial charge in [0.25, 0.3) is 0 Å². The first-order chi connectivity index (χ1) is 10.7. The predicted octanol–water partition coefficient (Wildman–Crippen LogP) is 5.76. The number of benzene rings is 3. The molecular formula is C22H22. The SMILES string of the molecule is Cc1ccc(CCc2ccccc2-c2ccccc2C)cc1. The summed E-state index contributed by atoms with van der Waals surface area (Å²) in [5.74, 6) is 0. The molecule has 0 radical (unpaired) electrons. The van der Waals surface area contributed by atoms with Crippen molar-refractivity contribution in [1.82, 2.24) is 0 Å². The molecule has 0 spiro atoms. The van der Waals surface area contributed by atoms with E-state index in [0.29, 0.717) is 0 Å². The summed E-state index contributed by atoms with van der Waals surface area (Å²) < 4.78 is 0. The molecule has 0 unspecified atom stereocenters. The fourth-order valence-electron chi connectivity index (χ4n) is 2.91. The van der Waals surface area contributed by atoms with Gasteiger partial charge in [0.05, 0.1) is 0 Å². The third-order valence-electron chi connectivity index (χ3n) is 4.26. The molecule has 0 fully saturated rings. The lowest BCUT2D eigenvalue weighted by Crippen LogP contribution is -1.95. The third-order valence-corrected chi connectivity index (χ3v) is 4.26. The minimum atomic E-state index is 1.08. The van der Waals surface area contributed by atoms with Crippen LogP contribution in [0.4, 0.5) is 0 Å². The van der Waals surface area contributed by atoms with Crippen molar-refractivity contribution >= 4 is 0 Å². The minimum absolute atomic E-state index is 1.08. The summed E-state index contributed by atoms with van der Waals surface area (Å²) in [6.07, 6.45) is 2.16. The molecule has 0 saturated heterocycles. The lowest BCUT2D eigenvalue weighted by Gasteiger charge is -2.12. The number of rotatable bonds is 4. The first-order valence-electron chi connectivity index (χ1n) is 7.93. The third kappa shape index (κ3) is 3.28. The smallest absolute Gasteiger partial charge is 0.0149 e. The van der Waals surface area contributed by atoms with Gasteiger partial charge in [0.1, 0.15) is 0 Å². The molecule has 3 aromatic rings. The maximum Gasteiger partial charge on any atom is -0.0149 e. The maximum atomic E-state index is 2.26. The van der Waals surface area contributed by atoms with Crippen LogP contribution < -0.4 is 0 Å². The molecule has 3 aromatic carbocycles. The highest BCUT2D eigenvalue weighted by atomic mass is 14.1. The Hall–Kier alpha value is -2.34. The zero-order valence-corrected chi connectivity index (χ0v) is 13.3. The topological polar surface area (TPSA) is 0 Å². The summed E-state index contributed by atoms with van der Waals surface area (Å²) in [5.41, 5.74) is 8.21. The van der Waals surface area contributed by atoms with Crippen LogP contribution in [0.5, 0.6) is 0 Å². The Morgan fingerprint density at radius 2 is 1.23 bits per heavy atom. The highest BCUT2D eigenvalue weighted by Gasteiger charge is 2.07. The fourth-order valence-corrected chi connectivity index (χ4v) is 2.91. The van der Waals surface area contributed by atoms with Gasteiger partial charge in [-0.25, -0.2) is 0 Å². The minimum Gasteiger partial charge on any atom is -0.0620 e. The normalized spacial score (nSPS) is 10.6. The van der Waals surface area contributed by atoms with Crippen LogP contribution in [0.3, 0.4) is 0 Å². The average molecular weight is 286 g/mol. The van der Waals surface area contributed by atoms with Crippen molar-refractivity contribution in [3.8, 4) is 11.1 Å². The fraction of sp³-hybridized carbons (Fsp3) is 0.182. The standard InChI is InChI=1S/C22H22/c1-17-11-13-19(14-12-17)15-16-20-8-4-6-10-22(20)21-9-5-3-7-18(21)2/h3-14H,15-16H2,1-2H3. The van der Waals surface area contributed by atoms with Crippen LogP contribution in [0.2, 0.25) is 0 Å². The van der Waals surface area contributed by atoms with Crippen molar-refractivity contribution in [2.45, 2.75) is 26.7 Å². The summed E-state index contributed by atoms with van der Waals surface area (Å²) in [4.78, 5) is 0. The molecular weight excluding hydrogens is 264 g/mol. The van der Waals surface area contributed by atoms with E-state index in [-0.39, 0.29) is 0 Å². The van der Waals surface area contributed by atoms with Crippen LogP contribution >= 0.6 is 0 Å². The van der Waals surface area contributed by atoms with E-state index in [1.165, 1.54) is 33.4 Å². The second kappa shape index (κ2) is 6.62. The van der Waals surface area contributed by atoms with E-state index in [2.05, 4.69) is 86.6 Å². The molecule has 0 aromatic heterocycles. The van der Waals surface area contributed by atoms with Gasteiger partial charge in [-0.2, -0.15) is 0 Å². The van der Waals surface area contributed by atoms with Gasteiger partial charge in [0.15, 0.2) is 0 Å². The maximum absolute atomic E-state index is 2.26. The monoisotopic (exact) mass is 286 g/mol. The van der Waals surface area contributed by atoms with Crippen LogP contribution in [0.1, 0.15) is 22.3 Å². The lowest BCUT2D eigenvalue weighted by atomic mass is 9.93. The van der Waals surface area contributed by atoms with Gasteiger partial charge in [-0.05, 0) is 54.5 Å². The van der Waals surface area contributed by atoms with Gasteiger partial charge in [-0.1, -0.05) is 78.4 Å². The molecule has 22 heavy (non-hydrogen) atoms. The molecule has 0 aliphatic heterocycles. The van der Waals surface area contributed by atoms with Crippen LogP contribution in [0.25, 0.3) is 11.1 Å². The molecule has 0 nitrogen and oxygen atoms in total. The van der Waals surface area contributed by atoms with Gasteiger partial charge >= 0.3 is 0 Å². The van der Waals surface area contributed by atoms with Crippen LogP contribution in [0, 0.1) is 13.8 Å². The molecule has 0 aliphatic rings. The van der Waals surface area contributed by atoms with Crippen LogP contribution in [-0.4, -0.2) is 0 Å². The van der Waals surface area contributed by atoms with Crippen LogP contribution in [-0.2, 0) is 12.8 Å². The molecule has 0 heteroatoms. The van der Waals surface area contributed by atoms with Crippen molar-refractivity contribution in [3.63, 3.8) is 0 Å². The Morgan fingerprint density at radius 3 is 1.95 bits per heavy atom. The molecule has 0 N–H and O–H groups in total. The van der Waals surface area contributed by atoms with Crippen molar-refractivity contribution < 1.29 is 0 Å². The predicted molar refractivity (Wildman–Crippen MR) is 95.2 cm³/mol. The summed E-state index contributed by atoms with van der Waals surface area (Å²) >= 11 is 0. The largest absolute Gasteiger partial charge is 0.0620 e. The first-order valence-corrected chi connectivity index (χ1v) is 7.93. The molecule has 0 saturated carbocycles. The second-order valence-electron chi connectivity index (χ2n) is 5.96. The zero-order valence-electron chi connectivity index (χ0n) is 13.3. The Labute approximate surface area is 133 Å². The molecule has 0 atom stereocenters. The molecule has 0 heterocycles. The first kappa shape index (κ1) is 14.6. The molecule has 0 bridgehead atoms. The van der Waals surface area contributed by atoms with Gasteiger partial charge in [-0.3, -0.25) is 0 Å². The highest BCUT2D eigenvalue weighted by molar-refractivity contribution is 5.70. The number of aryl methyl sites for hydroxylation is 4. The van der Waals surface area contributed by atoms with E-state index in [4.69, 9.17) is 0 Å². The molecule has 0 aliphatic carbocycles. The summed E-state index contributed by atoms with van der Waals surface area (Å²) in [6, 6.07) is 26.3. The molecule has 0 amide bonds. The van der Waals surface area contributed by atoms with E-state index in [1.807, 2.05) is 0 Å². The summed E-state index contributed by atoms with van der Waals surface area (Å²) in [6.45, 7) is 4.32. The van der Waals surface area contributed by atoms with Crippen molar-refractivity contribution in [2.24, 2.45) is 0 Å². The quantitative estimate of drug-likeness (QED) is 0.572. The van der Waals surface area contributed by atoms with Gasteiger partial charge in [-0.15, -0.1) is 0 Å². The second-order valence-corrected chi connectivity index (χ2v) is 5.96. The van der Waals surface area contributed by atoms with Gasteiger partial charge < -0.3 is 0 Å². The Balaban J connectivity index is 1.86. The van der Waals surface area contributed by atoms with E-state index >= 15 is 0 Å². The van der Waals surface area contributed by atoms with Crippen molar-refractivity contribution in [1.29, 1.82) is 0 Å². The average Bonchev–Trinajstić information content (AvgIpc) is 2.55. The Bertz CT molecular complexity index is 751. The number of hydrogen-bond donors (Lipinski definition) is 0. The van der Waals surface area contributed by atoms with Gasteiger partial charge in [0, 0.05) is 0 Å². The summed E-state index contributed by atoms with van der Waals surface area (Å²) in [5, 5.41) is 0. The lowest BCUT2D eigenvalue weighted by molar-refractivity contribution is 0.961. The molecule has 110 valence electrons. The van der Waals surface area contributed by atoms with Crippen molar-refractivity contribution in [3.05, 3.63) is 95.1 Å². The van der Waals surface area contributed by atoms with E-state index < -0.39 is 0 Å². The summed E-state index contributed by atoms with van der Waals surface area (Å²) in [7, 11) is 0. The van der Waals surface area contributed by atoms with E-state index in [9.17, 15) is 0 Å². The van der Waals surface area contributed by atoms with Crippen molar-refractivity contribution in [2.75, 3.05) is 0 Å².